The van der Waals surface area contributed by atoms with Gasteiger partial charge in [-0.05, 0) is 56.9 Å². The van der Waals surface area contributed by atoms with Crippen LogP contribution in [0.25, 0.3) is 22.4 Å². The number of esters is 1. The van der Waals surface area contributed by atoms with Gasteiger partial charge in [-0.15, -0.1) is 0 Å². The number of fused-ring (bicyclic) bond motifs is 1. The number of benzene rings is 1. The highest BCUT2D eigenvalue weighted by Gasteiger charge is 2.29. The van der Waals surface area contributed by atoms with Crippen LogP contribution in [0.15, 0.2) is 35.3 Å². The van der Waals surface area contributed by atoms with Gasteiger partial charge in [0.25, 0.3) is 5.56 Å². The molecule has 2 aliphatic rings. The summed E-state index contributed by atoms with van der Waals surface area (Å²) in [5, 5.41) is 13.5. The smallest absolute Gasteiger partial charge is 0.326 e. The van der Waals surface area contributed by atoms with Gasteiger partial charge >= 0.3 is 5.97 Å². The van der Waals surface area contributed by atoms with Crippen LogP contribution in [0.5, 0.6) is 0 Å². The van der Waals surface area contributed by atoms with Crippen LogP contribution >= 0.6 is 0 Å². The van der Waals surface area contributed by atoms with Crippen molar-refractivity contribution in [1.82, 2.24) is 19.4 Å². The minimum Gasteiger partial charge on any atom is -0.459 e. The minimum atomic E-state index is -0.919. The van der Waals surface area contributed by atoms with Gasteiger partial charge in [0.05, 0.1) is 43.0 Å². The lowest BCUT2D eigenvalue weighted by Gasteiger charge is -2.24. The molecule has 210 valence electrons. The molecular formula is C29H38N4O6. The van der Waals surface area contributed by atoms with E-state index in [4.69, 9.17) is 19.2 Å². The average molecular weight is 539 g/mol. The molecule has 2 fully saturated rings. The summed E-state index contributed by atoms with van der Waals surface area (Å²) in [5.41, 5.74) is 4.23. The fourth-order valence-corrected chi connectivity index (χ4v) is 5.36. The lowest BCUT2D eigenvalue weighted by atomic mass is 10.1. The van der Waals surface area contributed by atoms with Crippen molar-refractivity contribution in [3.63, 3.8) is 0 Å². The summed E-state index contributed by atoms with van der Waals surface area (Å²) in [5.74, 6) is 0.306. The summed E-state index contributed by atoms with van der Waals surface area (Å²) < 4.78 is 20.7. The molecule has 4 heterocycles. The Balaban J connectivity index is 1.43. The van der Waals surface area contributed by atoms with Gasteiger partial charge in [-0.2, -0.15) is 0 Å². The second-order valence-electron chi connectivity index (χ2n) is 10.7. The quantitative estimate of drug-likeness (QED) is 0.399. The molecule has 0 saturated carbocycles. The maximum absolute atomic E-state index is 12.7. The van der Waals surface area contributed by atoms with Gasteiger partial charge in [0.2, 0.25) is 0 Å². The monoisotopic (exact) mass is 538 g/mol. The van der Waals surface area contributed by atoms with E-state index in [2.05, 4.69) is 16.0 Å². The number of carbonyl (C=O) groups excluding carboxylic acids is 1. The third-order valence-corrected chi connectivity index (χ3v) is 7.53. The zero-order valence-electron chi connectivity index (χ0n) is 22.9. The van der Waals surface area contributed by atoms with Crippen molar-refractivity contribution in [2.45, 2.75) is 77.0 Å². The number of pyridine rings is 1. The highest BCUT2D eigenvalue weighted by molar-refractivity contribution is 5.81. The van der Waals surface area contributed by atoms with Crippen LogP contribution in [0.3, 0.4) is 0 Å². The number of nitrogens with one attached hydrogen (secondary N) is 1. The first-order valence-corrected chi connectivity index (χ1v) is 13.8. The standard InChI is InChI=1S/C29H38N4O6/c1-18-12-21(15-32(3)28(18)35)27-31-24-8-7-20(13-25(24)33(27)16-22-6-4-5-10-38-22)14-30-26(19(2)34)29(36)39-23-9-11-37-17-23/h7-8,12-13,15,19,22-23,26,30,34H,4-6,9-11,14,16-17H2,1-3H3/t19?,22?,23-,26?/m0/s1. The predicted octanol–water partition coefficient (Wildman–Crippen LogP) is 2.45. The second kappa shape index (κ2) is 12.0. The van der Waals surface area contributed by atoms with Crippen LogP contribution in [-0.4, -0.2) is 69.4 Å². The lowest BCUT2D eigenvalue weighted by Crippen LogP contribution is -2.46. The van der Waals surface area contributed by atoms with Crippen molar-refractivity contribution >= 4 is 17.0 Å². The van der Waals surface area contributed by atoms with Crippen molar-refractivity contribution in [2.24, 2.45) is 7.05 Å². The normalized spacial score (nSPS) is 21.2. The van der Waals surface area contributed by atoms with E-state index in [0.29, 0.717) is 38.3 Å². The minimum absolute atomic E-state index is 0.0305. The van der Waals surface area contributed by atoms with Crippen LogP contribution < -0.4 is 10.9 Å². The summed E-state index contributed by atoms with van der Waals surface area (Å²) in [6.07, 6.45) is 4.57. The van der Waals surface area contributed by atoms with E-state index >= 15 is 0 Å². The van der Waals surface area contributed by atoms with Gasteiger partial charge in [0, 0.05) is 43.9 Å². The van der Waals surface area contributed by atoms with Crippen molar-refractivity contribution in [1.29, 1.82) is 0 Å². The highest BCUT2D eigenvalue weighted by Crippen LogP contribution is 2.28. The maximum atomic E-state index is 12.7. The molecule has 0 bridgehead atoms. The largest absolute Gasteiger partial charge is 0.459 e. The zero-order valence-corrected chi connectivity index (χ0v) is 22.9. The molecule has 0 amide bonds. The predicted molar refractivity (Wildman–Crippen MR) is 146 cm³/mol. The fraction of sp³-hybridized carbons (Fsp3) is 0.552. The van der Waals surface area contributed by atoms with Gasteiger partial charge in [0.15, 0.2) is 0 Å². The molecule has 5 rings (SSSR count). The Morgan fingerprint density at radius 3 is 2.79 bits per heavy atom. The van der Waals surface area contributed by atoms with Crippen molar-refractivity contribution < 1.29 is 24.1 Å². The first-order valence-electron chi connectivity index (χ1n) is 13.8. The molecule has 0 radical (unpaired) electrons. The van der Waals surface area contributed by atoms with Crippen molar-refractivity contribution in [3.05, 3.63) is 51.9 Å². The second-order valence-corrected chi connectivity index (χ2v) is 10.7. The molecule has 2 aromatic heterocycles. The molecule has 10 heteroatoms. The van der Waals surface area contributed by atoms with E-state index in [1.165, 1.54) is 0 Å². The van der Waals surface area contributed by atoms with Crippen LogP contribution in [-0.2, 0) is 39.1 Å². The summed E-state index contributed by atoms with van der Waals surface area (Å²) in [6, 6.07) is 7.03. The maximum Gasteiger partial charge on any atom is 0.326 e. The Kier molecular flexibility index (Phi) is 8.46. The number of aryl methyl sites for hydroxylation is 2. The van der Waals surface area contributed by atoms with E-state index in [-0.39, 0.29) is 17.8 Å². The molecular weight excluding hydrogens is 500 g/mol. The Morgan fingerprint density at radius 1 is 1.26 bits per heavy atom. The van der Waals surface area contributed by atoms with Gasteiger partial charge in [-0.25, -0.2) is 4.98 Å². The number of aromatic nitrogens is 3. The molecule has 4 atom stereocenters. The van der Waals surface area contributed by atoms with Crippen LogP contribution in [0.4, 0.5) is 0 Å². The van der Waals surface area contributed by atoms with Gasteiger partial charge in [0.1, 0.15) is 18.0 Å². The molecule has 2 aliphatic heterocycles. The molecule has 3 unspecified atom stereocenters. The van der Waals surface area contributed by atoms with E-state index in [0.717, 1.165) is 53.9 Å². The van der Waals surface area contributed by atoms with Gasteiger partial charge in [-0.1, -0.05) is 6.07 Å². The number of hydrogen-bond donors (Lipinski definition) is 2. The van der Waals surface area contributed by atoms with E-state index in [9.17, 15) is 14.7 Å². The zero-order chi connectivity index (χ0) is 27.5. The number of carbonyl (C=O) groups is 1. The van der Waals surface area contributed by atoms with Gasteiger partial charge < -0.3 is 28.5 Å². The number of hydrogen-bond acceptors (Lipinski definition) is 8. The van der Waals surface area contributed by atoms with E-state index < -0.39 is 18.1 Å². The number of nitrogens with zero attached hydrogens (tertiary/aromatic N) is 3. The van der Waals surface area contributed by atoms with Gasteiger partial charge in [-0.3, -0.25) is 14.9 Å². The molecule has 0 aliphatic carbocycles. The molecule has 10 nitrogen and oxygen atoms in total. The molecule has 2 saturated heterocycles. The highest BCUT2D eigenvalue weighted by atomic mass is 16.6. The summed E-state index contributed by atoms with van der Waals surface area (Å²) in [4.78, 5) is 30.0. The third kappa shape index (κ3) is 6.24. The summed E-state index contributed by atoms with van der Waals surface area (Å²) >= 11 is 0. The average Bonchev–Trinajstić information content (AvgIpc) is 3.55. The molecule has 39 heavy (non-hydrogen) atoms. The number of ether oxygens (including phenoxy) is 3. The molecule has 0 spiro atoms. The Hall–Kier alpha value is -3.05. The topological polar surface area (TPSA) is 117 Å². The number of aliphatic hydroxyl groups is 1. The van der Waals surface area contributed by atoms with Crippen LogP contribution in [0, 0.1) is 6.92 Å². The van der Waals surface area contributed by atoms with E-state index in [1.807, 2.05) is 31.3 Å². The number of rotatable bonds is 9. The fourth-order valence-electron chi connectivity index (χ4n) is 5.36. The number of imidazole rings is 1. The van der Waals surface area contributed by atoms with Crippen LogP contribution in [0.2, 0.25) is 0 Å². The molecule has 1 aromatic carbocycles. The summed E-state index contributed by atoms with van der Waals surface area (Å²) in [6.45, 7) is 6.12. The van der Waals surface area contributed by atoms with Crippen molar-refractivity contribution in [3.8, 4) is 11.4 Å². The van der Waals surface area contributed by atoms with Crippen LogP contribution in [0.1, 0.15) is 43.7 Å². The Bertz CT molecular complexity index is 1340. The Morgan fingerprint density at radius 2 is 2.10 bits per heavy atom. The SMILES string of the molecule is Cc1cc(-c2nc3ccc(CNC(C(=O)O[C@H]4CCOC4)C(C)O)cc3n2CC2CCCCO2)cn(C)c1=O. The molecule has 3 aromatic rings. The number of aliphatic hydroxyl groups excluding tert-OH is 1. The Labute approximate surface area is 227 Å². The lowest BCUT2D eigenvalue weighted by molar-refractivity contribution is -0.154. The molecule has 2 N–H and O–H groups in total. The first-order chi connectivity index (χ1) is 18.8. The van der Waals surface area contributed by atoms with Crippen molar-refractivity contribution in [2.75, 3.05) is 19.8 Å². The summed E-state index contributed by atoms with van der Waals surface area (Å²) in [7, 11) is 1.75. The third-order valence-electron chi connectivity index (χ3n) is 7.53. The first kappa shape index (κ1) is 27.5. The van der Waals surface area contributed by atoms with E-state index in [1.54, 1.807) is 18.5 Å².